The van der Waals surface area contributed by atoms with Gasteiger partial charge in [-0.3, -0.25) is 0 Å². The highest BCUT2D eigenvalue weighted by atomic mass is 16.6. The van der Waals surface area contributed by atoms with Crippen LogP contribution in [0.25, 0.3) is 0 Å². The van der Waals surface area contributed by atoms with Crippen LogP contribution in [0.4, 0.5) is 4.79 Å². The Morgan fingerprint density at radius 1 is 1.33 bits per heavy atom. The third-order valence-corrected chi connectivity index (χ3v) is 2.92. The summed E-state index contributed by atoms with van der Waals surface area (Å²) in [6.07, 6.45) is 2.07. The van der Waals surface area contributed by atoms with Gasteiger partial charge in [-0.05, 0) is 45.7 Å². The van der Waals surface area contributed by atoms with Crippen molar-refractivity contribution in [2.45, 2.75) is 26.7 Å². The molecular weight excluding hydrogens is 192 g/mol. The maximum Gasteiger partial charge on any atom is 0.409 e. The van der Waals surface area contributed by atoms with E-state index < -0.39 is 0 Å². The number of piperidine rings is 1. The van der Waals surface area contributed by atoms with Crippen molar-refractivity contribution in [3.8, 4) is 0 Å². The molecule has 0 aromatic heterocycles. The number of carbonyl (C=O) groups is 1. The van der Waals surface area contributed by atoms with E-state index in [0.29, 0.717) is 12.5 Å². The lowest BCUT2D eigenvalue weighted by Gasteiger charge is -2.24. The topological polar surface area (TPSA) is 41.6 Å². The smallest absolute Gasteiger partial charge is 0.409 e. The molecule has 1 aliphatic rings. The van der Waals surface area contributed by atoms with Crippen molar-refractivity contribution in [3.63, 3.8) is 0 Å². The van der Waals surface area contributed by atoms with Crippen molar-refractivity contribution in [2.75, 3.05) is 32.8 Å². The second-order valence-corrected chi connectivity index (χ2v) is 3.94. The van der Waals surface area contributed by atoms with Crippen LogP contribution >= 0.6 is 0 Å². The third kappa shape index (κ3) is 4.08. The molecular formula is C11H22N2O2. The summed E-state index contributed by atoms with van der Waals surface area (Å²) in [5.41, 5.74) is 0. The molecule has 1 fully saturated rings. The molecule has 1 saturated heterocycles. The monoisotopic (exact) mass is 214 g/mol. The molecule has 88 valence electrons. The molecule has 1 heterocycles. The molecule has 1 amide bonds. The first-order chi connectivity index (χ1) is 7.27. The Hall–Kier alpha value is -0.770. The van der Waals surface area contributed by atoms with Gasteiger partial charge in [0, 0.05) is 13.1 Å². The van der Waals surface area contributed by atoms with Crippen molar-refractivity contribution in [1.82, 2.24) is 10.2 Å². The summed E-state index contributed by atoms with van der Waals surface area (Å²) >= 11 is 0. The minimum Gasteiger partial charge on any atom is -0.449 e. The predicted octanol–water partition coefficient (Wildman–Crippen LogP) is 1.46. The van der Waals surface area contributed by atoms with Crippen LogP contribution in [0, 0.1) is 5.92 Å². The number of hydrogen-bond acceptors (Lipinski definition) is 3. The van der Waals surface area contributed by atoms with E-state index in [1.165, 1.54) is 0 Å². The highest BCUT2D eigenvalue weighted by Gasteiger charge is 2.17. The Morgan fingerprint density at radius 2 is 1.93 bits per heavy atom. The molecule has 15 heavy (non-hydrogen) atoms. The van der Waals surface area contributed by atoms with E-state index in [1.807, 2.05) is 13.8 Å². The Bertz CT molecular complexity index is 187. The normalized spacial score (nSPS) is 17.5. The van der Waals surface area contributed by atoms with Gasteiger partial charge in [0.1, 0.15) is 0 Å². The number of amides is 1. The molecule has 1 aliphatic heterocycles. The number of ether oxygens (including phenoxy) is 1. The highest BCUT2D eigenvalue weighted by molar-refractivity contribution is 5.67. The fourth-order valence-electron chi connectivity index (χ4n) is 1.81. The van der Waals surface area contributed by atoms with Crippen molar-refractivity contribution in [1.29, 1.82) is 0 Å². The summed E-state index contributed by atoms with van der Waals surface area (Å²) in [5.74, 6) is 0.547. The van der Waals surface area contributed by atoms with Crippen LogP contribution in [0.15, 0.2) is 0 Å². The van der Waals surface area contributed by atoms with Crippen LogP contribution in [0.1, 0.15) is 26.7 Å². The second-order valence-electron chi connectivity index (χ2n) is 3.94. The van der Waals surface area contributed by atoms with Gasteiger partial charge in [-0.15, -0.1) is 0 Å². The molecule has 0 bridgehead atoms. The molecule has 0 radical (unpaired) electrons. The van der Waals surface area contributed by atoms with E-state index in [1.54, 1.807) is 4.90 Å². The highest BCUT2D eigenvalue weighted by Crippen LogP contribution is 2.12. The Labute approximate surface area is 92.0 Å². The molecule has 0 aliphatic carbocycles. The third-order valence-electron chi connectivity index (χ3n) is 2.92. The van der Waals surface area contributed by atoms with Crippen molar-refractivity contribution < 1.29 is 9.53 Å². The maximum absolute atomic E-state index is 11.5. The van der Waals surface area contributed by atoms with Gasteiger partial charge in [-0.1, -0.05) is 0 Å². The molecule has 1 rings (SSSR count). The van der Waals surface area contributed by atoms with Crippen LogP contribution in [0.3, 0.4) is 0 Å². The average Bonchev–Trinajstić information content (AvgIpc) is 2.29. The first kappa shape index (κ1) is 12.3. The van der Waals surface area contributed by atoms with Crippen LogP contribution in [0.2, 0.25) is 0 Å². The molecule has 0 aromatic carbocycles. The van der Waals surface area contributed by atoms with Crippen LogP contribution in [-0.2, 0) is 4.74 Å². The summed E-state index contributed by atoms with van der Waals surface area (Å²) in [6, 6.07) is 0. The maximum atomic E-state index is 11.5. The average molecular weight is 214 g/mol. The van der Waals surface area contributed by atoms with Crippen molar-refractivity contribution in [2.24, 2.45) is 5.92 Å². The van der Waals surface area contributed by atoms with Gasteiger partial charge >= 0.3 is 6.09 Å². The number of carbonyl (C=O) groups excluding carboxylic acids is 1. The lowest BCUT2D eigenvalue weighted by Crippen LogP contribution is -2.34. The number of nitrogens with one attached hydrogen (secondary N) is 1. The van der Waals surface area contributed by atoms with Gasteiger partial charge in [-0.2, -0.15) is 0 Å². The molecule has 0 spiro atoms. The summed E-state index contributed by atoms with van der Waals surface area (Å²) in [4.78, 5) is 13.2. The first-order valence-electron chi connectivity index (χ1n) is 5.90. The van der Waals surface area contributed by atoms with E-state index >= 15 is 0 Å². The summed E-state index contributed by atoms with van der Waals surface area (Å²) in [6.45, 7) is 8.06. The Balaban J connectivity index is 2.20. The van der Waals surface area contributed by atoms with Gasteiger partial charge in [0.2, 0.25) is 0 Å². The van der Waals surface area contributed by atoms with E-state index in [9.17, 15) is 4.79 Å². The minimum atomic E-state index is -0.168. The lowest BCUT2D eigenvalue weighted by molar-refractivity contribution is 0.0847. The first-order valence-corrected chi connectivity index (χ1v) is 5.90. The molecule has 0 aromatic rings. The van der Waals surface area contributed by atoms with Gasteiger partial charge < -0.3 is 15.0 Å². The van der Waals surface area contributed by atoms with E-state index in [2.05, 4.69) is 5.32 Å². The zero-order valence-corrected chi connectivity index (χ0v) is 9.79. The van der Waals surface area contributed by atoms with Crippen LogP contribution in [-0.4, -0.2) is 43.8 Å². The fraction of sp³-hybridized carbons (Fsp3) is 0.909. The zero-order chi connectivity index (χ0) is 11.1. The minimum absolute atomic E-state index is 0.168. The van der Waals surface area contributed by atoms with Gasteiger partial charge in [0.05, 0.1) is 6.61 Å². The second kappa shape index (κ2) is 6.67. The summed E-state index contributed by atoms with van der Waals surface area (Å²) < 4.78 is 5.28. The fourth-order valence-corrected chi connectivity index (χ4v) is 1.81. The molecule has 1 N–H and O–H groups in total. The molecule has 0 saturated carbocycles. The lowest BCUT2D eigenvalue weighted by atomic mass is 9.99. The zero-order valence-electron chi connectivity index (χ0n) is 9.79. The molecule has 0 unspecified atom stereocenters. The van der Waals surface area contributed by atoms with E-state index in [4.69, 9.17) is 4.74 Å². The molecule has 4 nitrogen and oxygen atoms in total. The van der Waals surface area contributed by atoms with Gasteiger partial charge in [0.15, 0.2) is 0 Å². The predicted molar refractivity (Wildman–Crippen MR) is 59.9 cm³/mol. The summed E-state index contributed by atoms with van der Waals surface area (Å²) in [7, 11) is 0. The van der Waals surface area contributed by atoms with Gasteiger partial charge in [-0.25, -0.2) is 4.79 Å². The molecule has 0 atom stereocenters. The number of rotatable bonds is 4. The number of hydrogen-bond donors (Lipinski definition) is 1. The quantitative estimate of drug-likeness (QED) is 0.770. The number of nitrogens with zero attached hydrogens (tertiary/aromatic N) is 1. The Kier molecular flexibility index (Phi) is 5.47. The standard InChI is InChI=1S/C11H22N2O2/c1-3-13(4-2)11(14)15-9-10-5-7-12-8-6-10/h10,12H,3-9H2,1-2H3. The van der Waals surface area contributed by atoms with Crippen molar-refractivity contribution in [3.05, 3.63) is 0 Å². The van der Waals surface area contributed by atoms with E-state index in [-0.39, 0.29) is 6.09 Å². The van der Waals surface area contributed by atoms with Crippen molar-refractivity contribution >= 4 is 6.09 Å². The van der Waals surface area contributed by atoms with Gasteiger partial charge in [0.25, 0.3) is 0 Å². The molecule has 4 heteroatoms. The largest absolute Gasteiger partial charge is 0.449 e. The van der Waals surface area contributed by atoms with Crippen LogP contribution < -0.4 is 5.32 Å². The summed E-state index contributed by atoms with van der Waals surface area (Å²) in [5, 5.41) is 3.30. The van der Waals surface area contributed by atoms with Crippen LogP contribution in [0.5, 0.6) is 0 Å². The van der Waals surface area contributed by atoms with E-state index in [0.717, 1.165) is 39.0 Å². The Morgan fingerprint density at radius 3 is 2.47 bits per heavy atom. The SMILES string of the molecule is CCN(CC)C(=O)OCC1CCNCC1.